The van der Waals surface area contributed by atoms with Gasteiger partial charge in [0, 0.05) is 24.1 Å². The highest BCUT2D eigenvalue weighted by atomic mass is 79.9. The molecule has 1 unspecified atom stereocenters. The van der Waals surface area contributed by atoms with Gasteiger partial charge in [0.25, 0.3) is 0 Å². The topological polar surface area (TPSA) is 78.5 Å². The van der Waals surface area contributed by atoms with E-state index in [2.05, 4.69) is 26.6 Å². The molecule has 1 aromatic carbocycles. The number of hydrogen-bond acceptors (Lipinski definition) is 4. The molecule has 1 fully saturated rings. The Bertz CT molecular complexity index is 598. The van der Waals surface area contributed by atoms with Crippen LogP contribution in [0.25, 0.3) is 0 Å². The fraction of sp³-hybridized carbons (Fsp3) is 0.462. The lowest BCUT2D eigenvalue weighted by molar-refractivity contribution is -0.121. The quantitative estimate of drug-likeness (QED) is 0.787. The van der Waals surface area contributed by atoms with Gasteiger partial charge in [0.15, 0.2) is 0 Å². The lowest BCUT2D eigenvalue weighted by Gasteiger charge is -2.18. The SMILES string of the molecule is CN(CC(=O)NC1CCNC1)S(=O)(=O)c1ccc(Br)cc1. The van der Waals surface area contributed by atoms with Crippen molar-refractivity contribution in [1.29, 1.82) is 0 Å². The van der Waals surface area contributed by atoms with Crippen molar-refractivity contribution in [2.45, 2.75) is 17.4 Å². The molecule has 1 saturated heterocycles. The van der Waals surface area contributed by atoms with E-state index in [1.54, 1.807) is 12.1 Å². The van der Waals surface area contributed by atoms with Crippen LogP contribution in [-0.2, 0) is 14.8 Å². The first-order chi connectivity index (χ1) is 9.89. The molecule has 21 heavy (non-hydrogen) atoms. The van der Waals surface area contributed by atoms with Gasteiger partial charge in [-0.3, -0.25) is 4.79 Å². The summed E-state index contributed by atoms with van der Waals surface area (Å²) in [5, 5.41) is 5.97. The Morgan fingerprint density at radius 2 is 2.10 bits per heavy atom. The Morgan fingerprint density at radius 3 is 2.67 bits per heavy atom. The van der Waals surface area contributed by atoms with E-state index in [0.717, 1.165) is 28.3 Å². The minimum Gasteiger partial charge on any atom is -0.351 e. The molecule has 6 nitrogen and oxygen atoms in total. The molecule has 116 valence electrons. The van der Waals surface area contributed by atoms with Gasteiger partial charge in [-0.05, 0) is 37.2 Å². The van der Waals surface area contributed by atoms with Crippen molar-refractivity contribution < 1.29 is 13.2 Å². The third-order valence-corrected chi connectivity index (χ3v) is 5.66. The third kappa shape index (κ3) is 4.26. The largest absolute Gasteiger partial charge is 0.351 e. The van der Waals surface area contributed by atoms with Gasteiger partial charge in [-0.15, -0.1) is 0 Å². The normalized spacial score (nSPS) is 18.9. The van der Waals surface area contributed by atoms with E-state index < -0.39 is 10.0 Å². The van der Waals surface area contributed by atoms with Gasteiger partial charge in [-0.2, -0.15) is 4.31 Å². The lowest BCUT2D eigenvalue weighted by atomic mass is 10.2. The summed E-state index contributed by atoms with van der Waals surface area (Å²) < 4.78 is 26.5. The molecule has 0 aliphatic carbocycles. The summed E-state index contributed by atoms with van der Waals surface area (Å²) in [5.41, 5.74) is 0. The minimum atomic E-state index is -3.65. The van der Waals surface area contributed by atoms with Gasteiger partial charge in [0.2, 0.25) is 15.9 Å². The fourth-order valence-electron chi connectivity index (χ4n) is 2.12. The lowest BCUT2D eigenvalue weighted by Crippen LogP contribution is -2.43. The maximum absolute atomic E-state index is 12.3. The number of likely N-dealkylation sites (N-methyl/N-ethyl adjacent to an activating group) is 1. The Hall–Kier alpha value is -0.960. The monoisotopic (exact) mass is 375 g/mol. The van der Waals surface area contributed by atoms with E-state index in [0.29, 0.717) is 0 Å². The highest BCUT2D eigenvalue weighted by Gasteiger charge is 2.24. The van der Waals surface area contributed by atoms with Crippen LogP contribution in [0.15, 0.2) is 33.6 Å². The first-order valence-corrected chi connectivity index (χ1v) is 8.85. The first kappa shape index (κ1) is 16.4. The Balaban J connectivity index is 1.99. The number of sulfonamides is 1. The second-order valence-corrected chi connectivity index (χ2v) is 7.93. The standard InChI is InChI=1S/C13H18BrN3O3S/c1-17(9-13(18)16-11-6-7-15-8-11)21(19,20)12-4-2-10(14)3-5-12/h2-5,11,15H,6-9H2,1H3,(H,16,18). The molecule has 2 N–H and O–H groups in total. The minimum absolute atomic E-state index is 0.0845. The number of carbonyl (C=O) groups excluding carboxylic acids is 1. The molecule has 0 bridgehead atoms. The number of nitrogens with one attached hydrogen (secondary N) is 2. The zero-order chi connectivity index (χ0) is 15.5. The van der Waals surface area contributed by atoms with Crippen molar-refractivity contribution in [3.63, 3.8) is 0 Å². The van der Waals surface area contributed by atoms with Crippen molar-refractivity contribution in [3.05, 3.63) is 28.7 Å². The number of carbonyl (C=O) groups is 1. The van der Waals surface area contributed by atoms with E-state index in [4.69, 9.17) is 0 Å². The molecule has 1 atom stereocenters. The zero-order valence-electron chi connectivity index (χ0n) is 11.7. The molecule has 0 spiro atoms. The van der Waals surface area contributed by atoms with Crippen LogP contribution in [0.5, 0.6) is 0 Å². The van der Waals surface area contributed by atoms with Gasteiger partial charge >= 0.3 is 0 Å². The van der Waals surface area contributed by atoms with Gasteiger partial charge in [0.05, 0.1) is 11.4 Å². The molecule has 1 amide bonds. The first-order valence-electron chi connectivity index (χ1n) is 6.61. The zero-order valence-corrected chi connectivity index (χ0v) is 14.1. The van der Waals surface area contributed by atoms with Gasteiger partial charge < -0.3 is 10.6 Å². The smallest absolute Gasteiger partial charge is 0.243 e. The summed E-state index contributed by atoms with van der Waals surface area (Å²) in [5.74, 6) is -0.285. The summed E-state index contributed by atoms with van der Waals surface area (Å²) >= 11 is 3.26. The molecular weight excluding hydrogens is 358 g/mol. The number of hydrogen-bond donors (Lipinski definition) is 2. The van der Waals surface area contributed by atoms with Crippen molar-refractivity contribution in [3.8, 4) is 0 Å². The highest BCUT2D eigenvalue weighted by molar-refractivity contribution is 9.10. The van der Waals surface area contributed by atoms with Crippen LogP contribution in [0.3, 0.4) is 0 Å². The summed E-state index contributed by atoms with van der Waals surface area (Å²) in [7, 11) is -2.24. The predicted octanol–water partition coefficient (Wildman–Crippen LogP) is 0.548. The Kier molecular flexibility index (Phi) is 5.37. The van der Waals surface area contributed by atoms with Crippen molar-refractivity contribution >= 4 is 31.9 Å². The molecule has 1 aromatic rings. The van der Waals surface area contributed by atoms with Gasteiger partial charge in [-0.1, -0.05) is 15.9 Å². The van der Waals surface area contributed by atoms with E-state index in [9.17, 15) is 13.2 Å². The summed E-state index contributed by atoms with van der Waals surface area (Å²) in [4.78, 5) is 12.1. The van der Waals surface area contributed by atoms with Gasteiger partial charge in [-0.25, -0.2) is 8.42 Å². The summed E-state index contributed by atoms with van der Waals surface area (Å²) in [6, 6.07) is 6.42. The van der Waals surface area contributed by atoms with Crippen LogP contribution in [0.4, 0.5) is 0 Å². The van der Waals surface area contributed by atoms with Crippen LogP contribution in [0.1, 0.15) is 6.42 Å². The van der Waals surface area contributed by atoms with Crippen LogP contribution in [-0.4, -0.2) is 51.4 Å². The molecule has 2 rings (SSSR count). The maximum Gasteiger partial charge on any atom is 0.243 e. The van der Waals surface area contributed by atoms with Crippen molar-refractivity contribution in [2.75, 3.05) is 26.7 Å². The average molecular weight is 376 g/mol. The number of halogens is 1. The molecule has 1 heterocycles. The second kappa shape index (κ2) is 6.87. The molecule has 1 aliphatic heterocycles. The molecule has 8 heteroatoms. The number of amides is 1. The highest BCUT2D eigenvalue weighted by Crippen LogP contribution is 2.17. The maximum atomic E-state index is 12.3. The van der Waals surface area contributed by atoms with Gasteiger partial charge in [0.1, 0.15) is 0 Å². The van der Waals surface area contributed by atoms with Crippen LogP contribution in [0, 0.1) is 0 Å². The van der Waals surface area contributed by atoms with Crippen molar-refractivity contribution in [2.24, 2.45) is 0 Å². The molecule has 0 aromatic heterocycles. The molecule has 0 radical (unpaired) electrons. The molecule has 1 aliphatic rings. The molecular formula is C13H18BrN3O3S. The van der Waals surface area contributed by atoms with Crippen molar-refractivity contribution in [1.82, 2.24) is 14.9 Å². The average Bonchev–Trinajstić information content (AvgIpc) is 2.91. The Morgan fingerprint density at radius 1 is 1.43 bits per heavy atom. The summed E-state index contributed by atoms with van der Waals surface area (Å²) in [6.45, 7) is 1.42. The second-order valence-electron chi connectivity index (χ2n) is 4.97. The van der Waals surface area contributed by atoms with E-state index in [1.807, 2.05) is 0 Å². The Labute approximate surface area is 133 Å². The number of benzene rings is 1. The summed E-state index contributed by atoms with van der Waals surface area (Å²) in [6.07, 6.45) is 0.870. The van der Waals surface area contributed by atoms with Crippen LogP contribution >= 0.6 is 15.9 Å². The van der Waals surface area contributed by atoms with E-state index >= 15 is 0 Å². The van der Waals surface area contributed by atoms with E-state index in [-0.39, 0.29) is 23.4 Å². The van der Waals surface area contributed by atoms with Crippen LogP contribution < -0.4 is 10.6 Å². The van der Waals surface area contributed by atoms with E-state index in [1.165, 1.54) is 19.2 Å². The molecule has 0 saturated carbocycles. The number of rotatable bonds is 5. The third-order valence-electron chi connectivity index (χ3n) is 3.31. The number of nitrogens with zero attached hydrogens (tertiary/aromatic N) is 1. The predicted molar refractivity (Wildman–Crippen MR) is 83.4 cm³/mol. The van der Waals surface area contributed by atoms with Crippen LogP contribution in [0.2, 0.25) is 0 Å². The fourth-order valence-corrected chi connectivity index (χ4v) is 3.52.